The summed E-state index contributed by atoms with van der Waals surface area (Å²) in [6, 6.07) is 15.2. The molecule has 2 heteroatoms. The maximum Gasteiger partial charge on any atom is 0.0681 e. The molecule has 0 bridgehead atoms. The van der Waals surface area contributed by atoms with Crippen molar-refractivity contribution in [3.8, 4) is 11.1 Å². The largest absolute Gasteiger partial charge is 0.392 e. The molecule has 29 heavy (non-hydrogen) atoms. The fraction of sp³-hybridized carbons (Fsp3) is 0.333. The van der Waals surface area contributed by atoms with Crippen LogP contribution < -0.4 is 0 Å². The smallest absolute Gasteiger partial charge is 0.0681 e. The Hall–Kier alpha value is -2.16. The first-order valence-electron chi connectivity index (χ1n) is 10.4. The second-order valence-corrected chi connectivity index (χ2v) is 10.3. The molecular weight excluding hydrogens is 372 g/mol. The first-order valence-corrected chi connectivity index (χ1v) is 11.3. The van der Waals surface area contributed by atoms with Crippen molar-refractivity contribution in [2.24, 2.45) is 0 Å². The highest BCUT2D eigenvalue weighted by Crippen LogP contribution is 2.48. The summed E-state index contributed by atoms with van der Waals surface area (Å²) in [5.74, 6) is 0. The van der Waals surface area contributed by atoms with E-state index in [-0.39, 0.29) is 17.4 Å². The highest BCUT2D eigenvalue weighted by Gasteiger charge is 2.37. The van der Waals surface area contributed by atoms with E-state index in [9.17, 15) is 5.11 Å². The van der Waals surface area contributed by atoms with E-state index >= 15 is 0 Å². The number of aliphatic hydroxyl groups is 1. The maximum absolute atomic E-state index is 9.27. The molecule has 2 aromatic carbocycles. The molecule has 0 saturated heterocycles. The van der Waals surface area contributed by atoms with E-state index in [0.717, 1.165) is 11.1 Å². The molecule has 1 aliphatic rings. The molecule has 1 heterocycles. The molecule has 0 atom stereocenters. The zero-order chi connectivity index (χ0) is 20.6. The number of benzene rings is 2. The van der Waals surface area contributed by atoms with Crippen molar-refractivity contribution in [3.05, 3.63) is 81.0 Å². The van der Waals surface area contributed by atoms with Crippen LogP contribution in [-0.4, -0.2) is 5.11 Å². The predicted molar refractivity (Wildman–Crippen MR) is 126 cm³/mol. The monoisotopic (exact) mass is 402 g/mol. The molecule has 0 unspecified atom stereocenters. The highest BCUT2D eigenvalue weighted by atomic mass is 32.1. The van der Waals surface area contributed by atoms with Crippen LogP contribution in [0.1, 0.15) is 68.4 Å². The molecule has 1 N–H and O–H groups in total. The summed E-state index contributed by atoms with van der Waals surface area (Å²) < 4.78 is 0. The lowest BCUT2D eigenvalue weighted by Crippen LogP contribution is -2.34. The van der Waals surface area contributed by atoms with Crippen LogP contribution in [0.2, 0.25) is 0 Å². The second kappa shape index (κ2) is 7.59. The summed E-state index contributed by atoms with van der Waals surface area (Å²) >= 11 is 1.75. The number of hydrogen-bond acceptors (Lipinski definition) is 2. The normalized spacial score (nSPS) is 17.4. The number of fused-ring (bicyclic) bond motifs is 1. The van der Waals surface area contributed by atoms with Crippen molar-refractivity contribution in [1.29, 1.82) is 0 Å². The van der Waals surface area contributed by atoms with E-state index in [4.69, 9.17) is 0 Å². The fourth-order valence-corrected chi connectivity index (χ4v) is 5.01. The van der Waals surface area contributed by atoms with Gasteiger partial charge in [0.15, 0.2) is 0 Å². The predicted octanol–water partition coefficient (Wildman–Crippen LogP) is 7.43. The van der Waals surface area contributed by atoms with Gasteiger partial charge >= 0.3 is 0 Å². The Morgan fingerprint density at radius 1 is 0.897 bits per heavy atom. The van der Waals surface area contributed by atoms with Gasteiger partial charge in [-0.2, -0.15) is 11.3 Å². The van der Waals surface area contributed by atoms with Crippen LogP contribution in [0.5, 0.6) is 0 Å². The van der Waals surface area contributed by atoms with E-state index in [2.05, 4.69) is 80.9 Å². The molecule has 0 fully saturated rings. The van der Waals surface area contributed by atoms with Crippen molar-refractivity contribution in [3.63, 3.8) is 0 Å². The van der Waals surface area contributed by atoms with Gasteiger partial charge in [-0.15, -0.1) is 0 Å². The summed E-state index contributed by atoms with van der Waals surface area (Å²) in [4.78, 5) is 0. The molecule has 4 rings (SSSR count). The Balaban J connectivity index is 1.84. The van der Waals surface area contributed by atoms with Crippen molar-refractivity contribution in [1.82, 2.24) is 0 Å². The molecule has 1 aromatic heterocycles. The minimum absolute atomic E-state index is 0.0853. The van der Waals surface area contributed by atoms with Crippen LogP contribution in [0.4, 0.5) is 0 Å². The van der Waals surface area contributed by atoms with Crippen molar-refractivity contribution < 1.29 is 5.11 Å². The van der Waals surface area contributed by atoms with Gasteiger partial charge in [-0.25, -0.2) is 0 Å². The van der Waals surface area contributed by atoms with Crippen LogP contribution in [0.25, 0.3) is 23.3 Å². The summed E-state index contributed by atoms with van der Waals surface area (Å²) in [5, 5.41) is 13.7. The van der Waals surface area contributed by atoms with E-state index in [1.54, 1.807) is 11.3 Å². The molecule has 0 amide bonds. The first kappa shape index (κ1) is 20.1. The third kappa shape index (κ3) is 3.97. The highest BCUT2D eigenvalue weighted by molar-refractivity contribution is 7.08. The Labute approximate surface area is 178 Å². The van der Waals surface area contributed by atoms with E-state index in [0.29, 0.717) is 0 Å². The maximum atomic E-state index is 9.27. The lowest BCUT2D eigenvalue weighted by atomic mass is 9.62. The minimum Gasteiger partial charge on any atom is -0.392 e. The third-order valence-electron chi connectivity index (χ3n) is 6.47. The Morgan fingerprint density at radius 3 is 2.14 bits per heavy atom. The Bertz CT molecular complexity index is 1020. The minimum atomic E-state index is 0.0853. The van der Waals surface area contributed by atoms with Crippen LogP contribution in [0.15, 0.2) is 53.2 Å². The molecular formula is C27H30OS. The standard InChI is InChI=1S/C27H30OS/c1-26(2)12-13-27(3,4)25-16-23(22-11-14-29-18-22)21(15-24(25)26)10-9-19-5-7-20(17-28)8-6-19/h5-11,14-16,18,28H,12-13,17H2,1-4H3/b10-9+. The zero-order valence-corrected chi connectivity index (χ0v) is 18.6. The second-order valence-electron chi connectivity index (χ2n) is 9.50. The van der Waals surface area contributed by atoms with Crippen LogP contribution >= 0.6 is 11.3 Å². The van der Waals surface area contributed by atoms with Gasteiger partial charge in [-0.1, -0.05) is 70.2 Å². The number of hydrogen-bond donors (Lipinski definition) is 1. The molecule has 0 radical (unpaired) electrons. The van der Waals surface area contributed by atoms with Crippen molar-refractivity contribution in [2.75, 3.05) is 0 Å². The van der Waals surface area contributed by atoms with Gasteiger partial charge in [0.05, 0.1) is 6.61 Å². The molecule has 1 nitrogen and oxygen atoms in total. The topological polar surface area (TPSA) is 20.2 Å². The van der Waals surface area contributed by atoms with Gasteiger partial charge in [0.1, 0.15) is 0 Å². The SMILES string of the molecule is CC1(C)CCC(C)(C)c2cc(-c3ccsc3)c(/C=C/c3ccc(CO)cc3)cc21. The third-order valence-corrected chi connectivity index (χ3v) is 7.16. The summed E-state index contributed by atoms with van der Waals surface area (Å²) in [6.07, 6.45) is 6.87. The molecule has 0 spiro atoms. The van der Waals surface area contributed by atoms with Gasteiger partial charge in [0.2, 0.25) is 0 Å². The van der Waals surface area contributed by atoms with Crippen molar-refractivity contribution in [2.45, 2.75) is 58.0 Å². The van der Waals surface area contributed by atoms with Gasteiger partial charge in [0.25, 0.3) is 0 Å². The fourth-order valence-electron chi connectivity index (χ4n) is 4.36. The lowest BCUT2D eigenvalue weighted by molar-refractivity contribution is 0.282. The van der Waals surface area contributed by atoms with Crippen LogP contribution in [0, 0.1) is 0 Å². The quantitative estimate of drug-likeness (QED) is 0.450. The molecule has 3 aromatic rings. The lowest BCUT2D eigenvalue weighted by Gasteiger charge is -2.42. The molecule has 0 aliphatic heterocycles. The van der Waals surface area contributed by atoms with Crippen LogP contribution in [0.3, 0.4) is 0 Å². The Morgan fingerprint density at radius 2 is 1.55 bits per heavy atom. The molecule has 150 valence electrons. The molecule has 1 aliphatic carbocycles. The van der Waals surface area contributed by atoms with Gasteiger partial charge in [0, 0.05) is 0 Å². The number of thiophene rings is 1. The summed E-state index contributed by atoms with van der Waals surface area (Å²) in [5.41, 5.74) is 9.38. The van der Waals surface area contributed by atoms with Crippen LogP contribution in [-0.2, 0) is 17.4 Å². The summed E-state index contributed by atoms with van der Waals surface area (Å²) in [6.45, 7) is 9.62. The van der Waals surface area contributed by atoms with Gasteiger partial charge in [-0.05, 0) is 85.5 Å². The molecule has 0 saturated carbocycles. The van der Waals surface area contributed by atoms with E-state index < -0.39 is 0 Å². The first-order chi connectivity index (χ1) is 13.8. The van der Waals surface area contributed by atoms with Crippen molar-refractivity contribution >= 4 is 23.5 Å². The number of aliphatic hydroxyl groups excluding tert-OH is 1. The van der Waals surface area contributed by atoms with Gasteiger partial charge < -0.3 is 5.11 Å². The van der Waals surface area contributed by atoms with E-state index in [1.165, 1.54) is 40.7 Å². The average molecular weight is 403 g/mol. The van der Waals surface area contributed by atoms with Gasteiger partial charge in [-0.3, -0.25) is 0 Å². The average Bonchev–Trinajstić information content (AvgIpc) is 3.24. The van der Waals surface area contributed by atoms with E-state index in [1.807, 2.05) is 12.1 Å². The Kier molecular flexibility index (Phi) is 5.27. The zero-order valence-electron chi connectivity index (χ0n) is 17.8. The number of rotatable bonds is 4. The summed E-state index contributed by atoms with van der Waals surface area (Å²) in [7, 11) is 0.